The SMILES string of the molecule is C#Cc1ccccc1C1=C(O)CC(C(C)CSc2ccc(C(F)(F)F)cc2)CC1=O. The second kappa shape index (κ2) is 9.01. The maximum Gasteiger partial charge on any atom is 0.416 e. The number of carbonyl (C=O) groups is 1. The first kappa shape index (κ1) is 22.0. The molecule has 0 saturated heterocycles. The van der Waals surface area contributed by atoms with Gasteiger partial charge in [0.25, 0.3) is 0 Å². The quantitative estimate of drug-likeness (QED) is 0.443. The zero-order valence-electron chi connectivity index (χ0n) is 16.4. The van der Waals surface area contributed by atoms with E-state index >= 15 is 0 Å². The van der Waals surface area contributed by atoms with Crippen molar-refractivity contribution in [1.29, 1.82) is 0 Å². The van der Waals surface area contributed by atoms with Crippen LogP contribution in [0, 0.1) is 24.2 Å². The number of terminal acetylenes is 1. The smallest absolute Gasteiger partial charge is 0.416 e. The second-order valence-electron chi connectivity index (χ2n) is 7.41. The van der Waals surface area contributed by atoms with E-state index in [1.165, 1.54) is 23.9 Å². The van der Waals surface area contributed by atoms with Gasteiger partial charge in [0.1, 0.15) is 5.76 Å². The average Bonchev–Trinajstić information content (AvgIpc) is 2.71. The summed E-state index contributed by atoms with van der Waals surface area (Å²) in [4.78, 5) is 13.5. The standard InChI is InChI=1S/C24H21F3O2S/c1-3-16-6-4-5-7-20(16)23-21(28)12-17(13-22(23)29)15(2)14-30-19-10-8-18(9-11-19)24(25,26)27/h1,4-11,15,17,28H,12-14H2,2H3. The Labute approximate surface area is 178 Å². The molecule has 0 bridgehead atoms. The number of alkyl halides is 3. The molecule has 2 aromatic rings. The van der Waals surface area contributed by atoms with Crippen LogP contribution >= 0.6 is 11.8 Å². The van der Waals surface area contributed by atoms with Crippen molar-refractivity contribution in [3.05, 3.63) is 71.0 Å². The molecule has 1 N–H and O–H groups in total. The molecular formula is C24H21F3O2S. The van der Waals surface area contributed by atoms with Crippen molar-refractivity contribution in [2.45, 2.75) is 30.8 Å². The Morgan fingerprint density at radius 2 is 1.83 bits per heavy atom. The molecule has 156 valence electrons. The molecule has 3 rings (SSSR count). The summed E-state index contributed by atoms with van der Waals surface area (Å²) in [6.45, 7) is 1.99. The number of aliphatic hydroxyl groups is 1. The zero-order valence-corrected chi connectivity index (χ0v) is 17.2. The highest BCUT2D eigenvalue weighted by molar-refractivity contribution is 7.99. The maximum atomic E-state index is 12.8. The highest BCUT2D eigenvalue weighted by Gasteiger charge is 2.32. The summed E-state index contributed by atoms with van der Waals surface area (Å²) in [5, 5.41) is 10.6. The lowest BCUT2D eigenvalue weighted by Gasteiger charge is -2.28. The lowest BCUT2D eigenvalue weighted by atomic mass is 9.78. The van der Waals surface area contributed by atoms with Gasteiger partial charge in [-0.15, -0.1) is 18.2 Å². The van der Waals surface area contributed by atoms with Crippen LogP contribution in [0.1, 0.15) is 36.5 Å². The van der Waals surface area contributed by atoms with Crippen LogP contribution in [0.2, 0.25) is 0 Å². The van der Waals surface area contributed by atoms with Crippen molar-refractivity contribution in [2.75, 3.05) is 5.75 Å². The molecule has 0 amide bonds. The van der Waals surface area contributed by atoms with Crippen LogP contribution < -0.4 is 0 Å². The van der Waals surface area contributed by atoms with Gasteiger partial charge >= 0.3 is 6.18 Å². The molecule has 0 radical (unpaired) electrons. The van der Waals surface area contributed by atoms with Crippen molar-refractivity contribution in [2.24, 2.45) is 11.8 Å². The predicted molar refractivity (Wildman–Crippen MR) is 113 cm³/mol. The molecule has 0 aliphatic heterocycles. The Morgan fingerprint density at radius 1 is 1.17 bits per heavy atom. The number of thioether (sulfide) groups is 1. The maximum absolute atomic E-state index is 12.8. The van der Waals surface area contributed by atoms with E-state index in [0.717, 1.165) is 17.0 Å². The van der Waals surface area contributed by atoms with Gasteiger partial charge in [0.15, 0.2) is 5.78 Å². The average molecular weight is 430 g/mol. The largest absolute Gasteiger partial charge is 0.512 e. The van der Waals surface area contributed by atoms with Gasteiger partial charge in [-0.3, -0.25) is 4.79 Å². The number of Topliss-reactive ketones (excluding diaryl/α,β-unsaturated/α-hetero) is 1. The summed E-state index contributed by atoms with van der Waals surface area (Å²) in [6, 6.07) is 12.1. The van der Waals surface area contributed by atoms with E-state index in [0.29, 0.717) is 35.3 Å². The van der Waals surface area contributed by atoms with Gasteiger partial charge in [-0.25, -0.2) is 0 Å². The van der Waals surface area contributed by atoms with Crippen LogP contribution in [0.5, 0.6) is 0 Å². The first-order valence-electron chi connectivity index (χ1n) is 9.52. The van der Waals surface area contributed by atoms with Crippen molar-refractivity contribution >= 4 is 23.1 Å². The van der Waals surface area contributed by atoms with Gasteiger partial charge < -0.3 is 5.11 Å². The molecule has 2 aromatic carbocycles. The summed E-state index contributed by atoms with van der Waals surface area (Å²) >= 11 is 1.44. The van der Waals surface area contributed by atoms with Gasteiger partial charge in [0.2, 0.25) is 0 Å². The molecular weight excluding hydrogens is 409 g/mol. The molecule has 0 saturated carbocycles. The second-order valence-corrected chi connectivity index (χ2v) is 8.51. The minimum atomic E-state index is -4.35. The third-order valence-electron chi connectivity index (χ3n) is 5.32. The lowest BCUT2D eigenvalue weighted by molar-refractivity contribution is -0.137. The number of carbonyl (C=O) groups excluding carboxylic acids is 1. The molecule has 6 heteroatoms. The number of hydrogen-bond donors (Lipinski definition) is 1. The van der Waals surface area contributed by atoms with E-state index in [4.69, 9.17) is 6.42 Å². The third kappa shape index (κ3) is 4.91. The number of hydrogen-bond acceptors (Lipinski definition) is 3. The molecule has 1 aliphatic rings. The molecule has 2 nitrogen and oxygen atoms in total. The molecule has 2 unspecified atom stereocenters. The van der Waals surface area contributed by atoms with E-state index in [-0.39, 0.29) is 23.4 Å². The molecule has 0 heterocycles. The highest BCUT2D eigenvalue weighted by Crippen LogP contribution is 2.38. The van der Waals surface area contributed by atoms with Gasteiger partial charge in [-0.2, -0.15) is 13.2 Å². The van der Waals surface area contributed by atoms with E-state index in [1.807, 2.05) is 6.92 Å². The van der Waals surface area contributed by atoms with Crippen molar-refractivity contribution in [3.63, 3.8) is 0 Å². The summed E-state index contributed by atoms with van der Waals surface area (Å²) in [5.41, 5.74) is 0.763. The summed E-state index contributed by atoms with van der Waals surface area (Å²) in [5.74, 6) is 3.14. The van der Waals surface area contributed by atoms with Crippen LogP contribution in [0.25, 0.3) is 5.57 Å². The van der Waals surface area contributed by atoms with Gasteiger partial charge in [0, 0.05) is 34.6 Å². The summed E-state index contributed by atoms with van der Waals surface area (Å²) in [7, 11) is 0. The van der Waals surface area contributed by atoms with Crippen LogP contribution in [0.15, 0.2) is 59.2 Å². The van der Waals surface area contributed by atoms with Crippen LogP contribution in [0.3, 0.4) is 0 Å². The van der Waals surface area contributed by atoms with Crippen molar-refractivity contribution in [3.8, 4) is 12.3 Å². The molecule has 0 spiro atoms. The Balaban J connectivity index is 1.67. The monoisotopic (exact) mass is 430 g/mol. The minimum Gasteiger partial charge on any atom is -0.512 e. The third-order valence-corrected chi connectivity index (χ3v) is 6.62. The van der Waals surface area contributed by atoms with Crippen LogP contribution in [-0.4, -0.2) is 16.6 Å². The molecule has 30 heavy (non-hydrogen) atoms. The topological polar surface area (TPSA) is 37.3 Å². The minimum absolute atomic E-state index is 0.0406. The van der Waals surface area contributed by atoms with Gasteiger partial charge in [-0.1, -0.05) is 31.0 Å². The van der Waals surface area contributed by atoms with Gasteiger partial charge in [0.05, 0.1) is 11.1 Å². The van der Waals surface area contributed by atoms with Gasteiger partial charge in [-0.05, 0) is 42.2 Å². The number of rotatable bonds is 5. The van der Waals surface area contributed by atoms with Crippen LogP contribution in [-0.2, 0) is 11.0 Å². The number of halogens is 3. The molecule has 0 aromatic heterocycles. The lowest BCUT2D eigenvalue weighted by Crippen LogP contribution is -2.25. The van der Waals surface area contributed by atoms with E-state index in [1.54, 1.807) is 24.3 Å². The first-order valence-corrected chi connectivity index (χ1v) is 10.5. The Bertz CT molecular complexity index is 1000. The number of allylic oxidation sites excluding steroid dienone is 2. The van der Waals surface area contributed by atoms with E-state index < -0.39 is 11.7 Å². The fourth-order valence-electron chi connectivity index (χ4n) is 3.56. The highest BCUT2D eigenvalue weighted by atomic mass is 32.2. The number of aliphatic hydroxyl groups excluding tert-OH is 1. The molecule has 1 aliphatic carbocycles. The van der Waals surface area contributed by atoms with Crippen molar-refractivity contribution < 1.29 is 23.1 Å². The normalized spacial score (nSPS) is 18.2. The molecule has 0 fully saturated rings. The zero-order chi connectivity index (χ0) is 21.9. The van der Waals surface area contributed by atoms with Crippen LogP contribution in [0.4, 0.5) is 13.2 Å². The Kier molecular flexibility index (Phi) is 6.62. The van der Waals surface area contributed by atoms with E-state index in [9.17, 15) is 23.1 Å². The van der Waals surface area contributed by atoms with Crippen molar-refractivity contribution in [1.82, 2.24) is 0 Å². The summed E-state index contributed by atoms with van der Waals surface area (Å²) < 4.78 is 38.0. The number of benzene rings is 2. The van der Waals surface area contributed by atoms with E-state index in [2.05, 4.69) is 5.92 Å². The summed E-state index contributed by atoms with van der Waals surface area (Å²) in [6.07, 6.45) is 1.84. The molecule has 2 atom stereocenters. The Morgan fingerprint density at radius 3 is 2.43 bits per heavy atom. The fourth-order valence-corrected chi connectivity index (χ4v) is 4.62. The number of ketones is 1. The fraction of sp³-hybridized carbons (Fsp3) is 0.292. The Hall–Kier alpha value is -2.65. The predicted octanol–water partition coefficient (Wildman–Crippen LogP) is 6.36. The first-order chi connectivity index (χ1) is 14.2.